The number of anilines is 2. The third-order valence-corrected chi connectivity index (χ3v) is 5.01. The molecule has 31 heavy (non-hydrogen) atoms. The van der Waals surface area contributed by atoms with E-state index in [4.69, 9.17) is 11.6 Å². The highest BCUT2D eigenvalue weighted by molar-refractivity contribution is 6.31. The summed E-state index contributed by atoms with van der Waals surface area (Å²) in [7, 11) is 0. The number of carbonyl (C=O) groups excluding carboxylic acids is 1. The van der Waals surface area contributed by atoms with Crippen LogP contribution in [0.3, 0.4) is 0 Å². The number of hydrogen-bond acceptors (Lipinski definition) is 5. The summed E-state index contributed by atoms with van der Waals surface area (Å²) in [6, 6.07) is 9.62. The van der Waals surface area contributed by atoms with Crippen LogP contribution in [0.4, 0.5) is 25.1 Å². The van der Waals surface area contributed by atoms with Gasteiger partial charge in [-0.1, -0.05) is 23.7 Å². The first-order chi connectivity index (χ1) is 15.0. The molecule has 0 fully saturated rings. The van der Waals surface area contributed by atoms with Crippen LogP contribution in [-0.4, -0.2) is 33.7 Å². The quantitative estimate of drug-likeness (QED) is 0.467. The fourth-order valence-corrected chi connectivity index (χ4v) is 3.29. The number of halogens is 3. The number of amides is 2. The zero-order valence-electron chi connectivity index (χ0n) is 16.1. The molecule has 2 heterocycles. The van der Waals surface area contributed by atoms with Crippen LogP contribution in [0.15, 0.2) is 53.9 Å². The van der Waals surface area contributed by atoms with Gasteiger partial charge in [-0.15, -0.1) is 0 Å². The smallest absolute Gasteiger partial charge is 0.338 e. The Morgan fingerprint density at radius 1 is 1.16 bits per heavy atom. The lowest BCUT2D eigenvalue weighted by atomic mass is 10.1. The summed E-state index contributed by atoms with van der Waals surface area (Å²) in [5, 5.41) is 7.03. The second-order valence-electron chi connectivity index (χ2n) is 6.80. The topological polar surface area (TPSA) is 82.5 Å². The maximum atomic E-state index is 13.4. The molecule has 1 aliphatic heterocycles. The Labute approximate surface area is 181 Å². The van der Waals surface area contributed by atoms with E-state index in [1.54, 1.807) is 23.1 Å². The second-order valence-corrected chi connectivity index (χ2v) is 7.21. The first-order valence-electron chi connectivity index (χ1n) is 9.38. The van der Waals surface area contributed by atoms with Gasteiger partial charge in [0.25, 0.3) is 0 Å². The largest absolute Gasteiger partial charge is 0.340 e. The van der Waals surface area contributed by atoms with Gasteiger partial charge in [0.05, 0.1) is 23.5 Å². The summed E-state index contributed by atoms with van der Waals surface area (Å²) < 4.78 is 26.4. The molecular weight excluding hydrogens is 426 g/mol. The Bertz CT molecular complexity index is 1140. The highest BCUT2D eigenvalue weighted by Gasteiger charge is 2.24. The van der Waals surface area contributed by atoms with Gasteiger partial charge in [-0.25, -0.2) is 29.0 Å². The maximum absolute atomic E-state index is 13.4. The summed E-state index contributed by atoms with van der Waals surface area (Å²) in [4.78, 5) is 22.7. The molecule has 0 unspecified atom stereocenters. The molecular formula is C21H17ClF2N6O. The van der Waals surface area contributed by atoms with E-state index in [0.29, 0.717) is 30.0 Å². The van der Waals surface area contributed by atoms with Crippen molar-refractivity contribution in [1.29, 1.82) is 0 Å². The molecule has 0 atom stereocenters. The van der Waals surface area contributed by atoms with E-state index in [9.17, 15) is 13.6 Å². The van der Waals surface area contributed by atoms with Crippen LogP contribution in [0.2, 0.25) is 5.02 Å². The van der Waals surface area contributed by atoms with E-state index < -0.39 is 5.82 Å². The number of nitrogens with one attached hydrogen (secondary N) is 2. The average Bonchev–Trinajstić information content (AvgIpc) is 2.77. The lowest BCUT2D eigenvalue weighted by Crippen LogP contribution is -2.41. The Balaban J connectivity index is 1.45. The van der Waals surface area contributed by atoms with Crippen LogP contribution in [-0.2, 0) is 13.0 Å². The number of rotatable bonds is 4. The first kappa shape index (κ1) is 20.7. The minimum Gasteiger partial charge on any atom is -0.340 e. The van der Waals surface area contributed by atoms with Gasteiger partial charge in [-0.3, -0.25) is 0 Å². The predicted molar refractivity (Wildman–Crippen MR) is 113 cm³/mol. The van der Waals surface area contributed by atoms with Crippen molar-refractivity contribution in [3.8, 4) is 0 Å². The molecule has 0 radical (unpaired) electrons. The van der Waals surface area contributed by atoms with Crippen molar-refractivity contribution < 1.29 is 13.6 Å². The molecule has 2 amide bonds. The maximum Gasteiger partial charge on any atom is 0.338 e. The minimum atomic E-state index is -0.513. The molecule has 2 aromatic carbocycles. The number of aromatic nitrogens is 2. The third-order valence-electron chi connectivity index (χ3n) is 4.72. The van der Waals surface area contributed by atoms with Crippen molar-refractivity contribution in [2.24, 2.45) is 5.10 Å². The molecule has 4 rings (SSSR count). The molecule has 158 valence electrons. The molecule has 0 aliphatic carbocycles. The van der Waals surface area contributed by atoms with E-state index in [1.165, 1.54) is 36.8 Å². The molecule has 3 aromatic rings. The lowest BCUT2D eigenvalue weighted by Gasteiger charge is -2.28. The lowest BCUT2D eigenvalue weighted by molar-refractivity contribution is 0.192. The molecule has 7 nitrogen and oxygen atoms in total. The molecule has 1 aliphatic rings. The number of hydrogen-bond donors (Lipinski definition) is 2. The molecule has 10 heteroatoms. The van der Waals surface area contributed by atoms with Crippen LogP contribution in [0.1, 0.15) is 16.8 Å². The van der Waals surface area contributed by atoms with Gasteiger partial charge >= 0.3 is 6.03 Å². The van der Waals surface area contributed by atoms with E-state index in [-0.39, 0.29) is 23.4 Å². The fraction of sp³-hybridized carbons (Fsp3) is 0.143. The monoisotopic (exact) mass is 442 g/mol. The molecule has 2 N–H and O–H groups in total. The summed E-state index contributed by atoms with van der Waals surface area (Å²) in [5.41, 5.74) is 5.27. The summed E-state index contributed by atoms with van der Waals surface area (Å²) in [6.07, 6.45) is 3.42. The fourth-order valence-electron chi connectivity index (χ4n) is 3.11. The summed E-state index contributed by atoms with van der Waals surface area (Å²) in [6.45, 7) is 0.731. The number of benzene rings is 2. The van der Waals surface area contributed by atoms with Gasteiger partial charge < -0.3 is 10.2 Å². The van der Waals surface area contributed by atoms with E-state index in [2.05, 4.69) is 25.8 Å². The predicted octanol–water partition coefficient (Wildman–Crippen LogP) is 4.25. The van der Waals surface area contributed by atoms with Gasteiger partial charge in [0.15, 0.2) is 0 Å². The number of nitrogens with zero attached hydrogens (tertiary/aromatic N) is 4. The van der Waals surface area contributed by atoms with Crippen molar-refractivity contribution in [2.45, 2.75) is 13.0 Å². The summed E-state index contributed by atoms with van der Waals surface area (Å²) in [5.74, 6) is -0.344. The van der Waals surface area contributed by atoms with Gasteiger partial charge in [0.2, 0.25) is 0 Å². The number of carbonyl (C=O) groups is 1. The van der Waals surface area contributed by atoms with Gasteiger partial charge in [0, 0.05) is 24.2 Å². The highest BCUT2D eigenvalue weighted by Crippen LogP contribution is 2.27. The van der Waals surface area contributed by atoms with Crippen molar-refractivity contribution >= 4 is 35.4 Å². The van der Waals surface area contributed by atoms with Crippen molar-refractivity contribution in [3.05, 3.63) is 82.3 Å². The van der Waals surface area contributed by atoms with E-state index in [1.807, 2.05) is 0 Å². The third kappa shape index (κ3) is 4.95. The highest BCUT2D eigenvalue weighted by atomic mass is 35.5. The number of hydrazone groups is 1. The molecule has 0 spiro atoms. The van der Waals surface area contributed by atoms with Gasteiger partial charge in [0.1, 0.15) is 23.8 Å². The Kier molecular flexibility index (Phi) is 6.03. The van der Waals surface area contributed by atoms with E-state index in [0.717, 1.165) is 11.3 Å². The van der Waals surface area contributed by atoms with E-state index >= 15 is 0 Å². The zero-order chi connectivity index (χ0) is 21.8. The second kappa shape index (κ2) is 9.05. The SMILES string of the molecule is O=C(N/N=C/c1ccc(F)cc1)N1CCc2ncnc(Nc3ccc(F)c(Cl)c3)c2C1. The summed E-state index contributed by atoms with van der Waals surface area (Å²) >= 11 is 5.85. The Morgan fingerprint density at radius 2 is 1.97 bits per heavy atom. The minimum absolute atomic E-state index is 0.00653. The number of fused-ring (bicyclic) bond motifs is 1. The first-order valence-corrected chi connectivity index (χ1v) is 9.76. The van der Waals surface area contributed by atoms with Crippen molar-refractivity contribution in [3.63, 3.8) is 0 Å². The van der Waals surface area contributed by atoms with Crippen molar-refractivity contribution in [1.82, 2.24) is 20.3 Å². The van der Waals surface area contributed by atoms with Crippen LogP contribution in [0, 0.1) is 11.6 Å². The van der Waals surface area contributed by atoms with Gasteiger partial charge in [-0.05, 0) is 35.9 Å². The molecule has 0 saturated heterocycles. The average molecular weight is 443 g/mol. The standard InChI is InChI=1S/C21H17ClF2N6O/c22-17-9-15(5-6-18(17)24)28-20-16-11-30(8-7-19(16)25-12-26-20)21(31)29-27-10-13-1-3-14(23)4-2-13/h1-6,9-10,12H,7-8,11H2,(H,29,31)(H,25,26,28)/b27-10+. The molecule has 1 aromatic heterocycles. The normalized spacial score (nSPS) is 13.2. The Morgan fingerprint density at radius 3 is 2.74 bits per heavy atom. The molecule has 0 saturated carbocycles. The van der Waals surface area contributed by atoms with Crippen LogP contribution in [0.5, 0.6) is 0 Å². The molecule has 0 bridgehead atoms. The van der Waals surface area contributed by atoms with Crippen molar-refractivity contribution in [2.75, 3.05) is 11.9 Å². The van der Waals surface area contributed by atoms with Crippen LogP contribution >= 0.6 is 11.6 Å². The van der Waals surface area contributed by atoms with Crippen LogP contribution in [0.25, 0.3) is 0 Å². The van der Waals surface area contributed by atoms with Gasteiger partial charge in [-0.2, -0.15) is 5.10 Å². The number of urea groups is 1. The van der Waals surface area contributed by atoms with Crippen LogP contribution < -0.4 is 10.7 Å². The zero-order valence-corrected chi connectivity index (χ0v) is 16.9. The Hall–Kier alpha value is -3.59.